The summed E-state index contributed by atoms with van der Waals surface area (Å²) in [6.45, 7) is 0. The van der Waals surface area contributed by atoms with Crippen molar-refractivity contribution in [3.8, 4) is 0 Å². The minimum atomic E-state index is -0.621. The molecule has 0 amide bonds. The summed E-state index contributed by atoms with van der Waals surface area (Å²) in [7, 11) is 2.78. The fraction of sp³-hybridized carbons (Fsp3) is 0.231. The third-order valence-electron chi connectivity index (χ3n) is 2.88. The first-order chi connectivity index (χ1) is 9.02. The molecule has 0 radical (unpaired) electrons. The van der Waals surface area contributed by atoms with E-state index in [0.29, 0.717) is 11.3 Å². The summed E-state index contributed by atoms with van der Waals surface area (Å²) in [6.07, 6.45) is 0.261. The van der Waals surface area contributed by atoms with Gasteiger partial charge in [-0.25, -0.2) is 14.0 Å². The van der Waals surface area contributed by atoms with Gasteiger partial charge in [-0.05, 0) is 17.7 Å². The minimum Gasteiger partial charge on any atom is -0.464 e. The number of halogens is 1. The molecule has 0 unspecified atom stereocenters. The van der Waals surface area contributed by atoms with Gasteiger partial charge in [0.25, 0.3) is 0 Å². The molecule has 1 aromatic carbocycles. The van der Waals surface area contributed by atoms with E-state index in [9.17, 15) is 14.0 Å². The van der Waals surface area contributed by atoms with Crippen LogP contribution in [0.4, 0.5) is 4.39 Å². The van der Waals surface area contributed by atoms with Gasteiger partial charge in [-0.2, -0.15) is 0 Å². The van der Waals surface area contributed by atoms with Crippen molar-refractivity contribution in [3.05, 3.63) is 57.5 Å². The smallest absolute Gasteiger partial charge is 0.356 e. The molecule has 0 aliphatic heterocycles. The van der Waals surface area contributed by atoms with Gasteiger partial charge in [-0.3, -0.25) is 9.55 Å². The Balaban J connectivity index is 2.44. The fourth-order valence-corrected chi connectivity index (χ4v) is 1.87. The molecule has 0 atom stereocenters. The molecule has 0 fully saturated rings. The van der Waals surface area contributed by atoms with Crippen molar-refractivity contribution in [2.75, 3.05) is 7.11 Å². The van der Waals surface area contributed by atoms with Crippen LogP contribution in [0.1, 0.15) is 21.7 Å². The largest absolute Gasteiger partial charge is 0.464 e. The Kier molecular flexibility index (Phi) is 3.50. The number of hydrogen-bond donors (Lipinski definition) is 1. The van der Waals surface area contributed by atoms with Crippen molar-refractivity contribution >= 4 is 5.97 Å². The predicted molar refractivity (Wildman–Crippen MR) is 66.6 cm³/mol. The Labute approximate surface area is 108 Å². The van der Waals surface area contributed by atoms with Crippen molar-refractivity contribution in [1.29, 1.82) is 0 Å². The number of aromatic nitrogens is 2. The van der Waals surface area contributed by atoms with E-state index < -0.39 is 11.7 Å². The van der Waals surface area contributed by atoms with Gasteiger partial charge >= 0.3 is 11.7 Å². The number of ether oxygens (including phenoxy) is 1. The number of methoxy groups -OCH3 is 1. The lowest BCUT2D eigenvalue weighted by Crippen LogP contribution is -2.14. The number of rotatable bonds is 3. The highest BCUT2D eigenvalue weighted by molar-refractivity contribution is 5.88. The van der Waals surface area contributed by atoms with Crippen LogP contribution >= 0.6 is 0 Å². The second-order valence-electron chi connectivity index (χ2n) is 4.11. The number of hydrogen-bond acceptors (Lipinski definition) is 3. The molecule has 0 aliphatic rings. The standard InChI is InChI=1S/C13H13FN2O3/c1-16-10(7-8-4-3-5-9(14)6-8)11(12(17)19-2)15-13(16)18/h3-6H,7H2,1-2H3,(H,15,18). The summed E-state index contributed by atoms with van der Waals surface area (Å²) in [5, 5.41) is 0. The molecule has 0 spiro atoms. The fourth-order valence-electron chi connectivity index (χ4n) is 1.87. The van der Waals surface area contributed by atoms with E-state index in [-0.39, 0.29) is 17.9 Å². The first-order valence-electron chi connectivity index (χ1n) is 5.63. The van der Waals surface area contributed by atoms with E-state index in [1.165, 1.54) is 23.8 Å². The van der Waals surface area contributed by atoms with Crippen LogP contribution in [-0.4, -0.2) is 22.6 Å². The molecule has 0 bridgehead atoms. The van der Waals surface area contributed by atoms with Crippen LogP contribution in [0.25, 0.3) is 0 Å². The normalized spacial score (nSPS) is 10.5. The SMILES string of the molecule is COC(=O)c1[nH]c(=O)n(C)c1Cc1cccc(F)c1. The van der Waals surface area contributed by atoms with Crippen molar-refractivity contribution in [3.63, 3.8) is 0 Å². The number of aromatic amines is 1. The van der Waals surface area contributed by atoms with Crippen LogP contribution in [0.5, 0.6) is 0 Å². The maximum absolute atomic E-state index is 13.1. The van der Waals surface area contributed by atoms with Crippen LogP contribution in [-0.2, 0) is 18.2 Å². The molecular weight excluding hydrogens is 251 g/mol. The number of nitrogens with zero attached hydrogens (tertiary/aromatic N) is 1. The van der Waals surface area contributed by atoms with E-state index in [2.05, 4.69) is 9.72 Å². The Morgan fingerprint density at radius 1 is 1.47 bits per heavy atom. The lowest BCUT2D eigenvalue weighted by atomic mass is 10.1. The Morgan fingerprint density at radius 3 is 2.84 bits per heavy atom. The van der Waals surface area contributed by atoms with Gasteiger partial charge in [0.1, 0.15) is 11.5 Å². The predicted octanol–water partition coefficient (Wildman–Crippen LogP) is 1.23. The number of H-pyrrole nitrogens is 1. The van der Waals surface area contributed by atoms with Gasteiger partial charge in [0.15, 0.2) is 0 Å². The Bertz CT molecular complexity index is 673. The number of imidazole rings is 1. The number of carbonyl (C=O) groups is 1. The topological polar surface area (TPSA) is 64.1 Å². The lowest BCUT2D eigenvalue weighted by molar-refractivity contribution is 0.0593. The zero-order valence-electron chi connectivity index (χ0n) is 10.6. The van der Waals surface area contributed by atoms with E-state index in [1.807, 2.05) is 0 Å². The molecule has 0 saturated carbocycles. The molecule has 5 nitrogen and oxygen atoms in total. The average molecular weight is 264 g/mol. The maximum atomic E-state index is 13.1. The molecule has 0 saturated heterocycles. The maximum Gasteiger partial charge on any atom is 0.356 e. The summed E-state index contributed by atoms with van der Waals surface area (Å²) >= 11 is 0. The highest BCUT2D eigenvalue weighted by Crippen LogP contribution is 2.13. The molecule has 0 aliphatic carbocycles. The quantitative estimate of drug-likeness (QED) is 0.848. The highest BCUT2D eigenvalue weighted by atomic mass is 19.1. The summed E-state index contributed by atoms with van der Waals surface area (Å²) in [6, 6.07) is 5.99. The third kappa shape index (κ3) is 2.57. The Hall–Kier alpha value is -2.37. The number of carbonyl (C=O) groups excluding carboxylic acids is 1. The number of esters is 1. The van der Waals surface area contributed by atoms with Crippen molar-refractivity contribution in [2.24, 2.45) is 7.05 Å². The Morgan fingerprint density at radius 2 is 2.21 bits per heavy atom. The van der Waals surface area contributed by atoms with Gasteiger partial charge in [0.05, 0.1) is 12.8 Å². The summed E-state index contributed by atoms with van der Waals surface area (Å²) < 4.78 is 19.1. The van der Waals surface area contributed by atoms with E-state index in [4.69, 9.17) is 0 Å². The van der Waals surface area contributed by atoms with Crippen LogP contribution in [0.3, 0.4) is 0 Å². The van der Waals surface area contributed by atoms with Gasteiger partial charge < -0.3 is 4.74 Å². The molecule has 19 heavy (non-hydrogen) atoms. The van der Waals surface area contributed by atoms with Crippen molar-refractivity contribution in [1.82, 2.24) is 9.55 Å². The van der Waals surface area contributed by atoms with Crippen molar-refractivity contribution < 1.29 is 13.9 Å². The van der Waals surface area contributed by atoms with Gasteiger partial charge in [-0.1, -0.05) is 12.1 Å². The molecule has 1 N–H and O–H groups in total. The van der Waals surface area contributed by atoms with Crippen LogP contribution in [0, 0.1) is 5.82 Å². The molecular formula is C13H13FN2O3. The second-order valence-corrected chi connectivity index (χ2v) is 4.11. The molecule has 6 heteroatoms. The van der Waals surface area contributed by atoms with Crippen LogP contribution in [0.15, 0.2) is 29.1 Å². The van der Waals surface area contributed by atoms with Crippen molar-refractivity contribution in [2.45, 2.75) is 6.42 Å². The van der Waals surface area contributed by atoms with Gasteiger partial charge in [0.2, 0.25) is 0 Å². The minimum absolute atomic E-state index is 0.0965. The summed E-state index contributed by atoms with van der Waals surface area (Å²) in [5.74, 6) is -0.984. The lowest BCUT2D eigenvalue weighted by Gasteiger charge is -2.05. The van der Waals surface area contributed by atoms with Gasteiger partial charge in [-0.15, -0.1) is 0 Å². The number of nitrogens with one attached hydrogen (secondary N) is 1. The van der Waals surface area contributed by atoms with E-state index >= 15 is 0 Å². The van der Waals surface area contributed by atoms with E-state index in [0.717, 1.165) is 0 Å². The highest BCUT2D eigenvalue weighted by Gasteiger charge is 2.18. The monoisotopic (exact) mass is 264 g/mol. The summed E-state index contributed by atoms with van der Waals surface area (Å²) in [5.41, 5.74) is 0.813. The first kappa shape index (κ1) is 13.1. The number of benzene rings is 1. The molecule has 2 rings (SSSR count). The zero-order valence-corrected chi connectivity index (χ0v) is 10.6. The molecule has 1 aromatic heterocycles. The first-order valence-corrected chi connectivity index (χ1v) is 5.63. The third-order valence-corrected chi connectivity index (χ3v) is 2.88. The second kappa shape index (κ2) is 5.09. The van der Waals surface area contributed by atoms with Crippen LogP contribution < -0.4 is 5.69 Å². The molecule has 1 heterocycles. The molecule has 2 aromatic rings. The average Bonchev–Trinajstić information content (AvgIpc) is 2.66. The summed E-state index contributed by atoms with van der Waals surface area (Å²) in [4.78, 5) is 25.6. The van der Waals surface area contributed by atoms with E-state index in [1.54, 1.807) is 19.2 Å². The molecule has 100 valence electrons. The van der Waals surface area contributed by atoms with Gasteiger partial charge in [0, 0.05) is 13.5 Å². The van der Waals surface area contributed by atoms with Crippen LogP contribution in [0.2, 0.25) is 0 Å². The zero-order chi connectivity index (χ0) is 14.0.